The molecule has 4 heteroatoms. The maximum Gasteiger partial charge on any atom is 0.0797 e. The minimum atomic E-state index is -0.564. The molecule has 0 aromatic heterocycles. The topological polar surface area (TPSA) is 52.7 Å². The van der Waals surface area contributed by atoms with Gasteiger partial charge in [-0.25, -0.2) is 0 Å². The van der Waals surface area contributed by atoms with E-state index in [-0.39, 0.29) is 0 Å². The molecule has 3 atom stereocenters. The fourth-order valence-corrected chi connectivity index (χ4v) is 4.63. The van der Waals surface area contributed by atoms with Crippen LogP contribution in [0.3, 0.4) is 0 Å². The number of nitrogens with two attached hydrogens (primary N) is 1. The third-order valence-electron chi connectivity index (χ3n) is 5.96. The van der Waals surface area contributed by atoms with Gasteiger partial charge in [-0.1, -0.05) is 6.42 Å². The fourth-order valence-electron chi connectivity index (χ4n) is 4.63. The minimum Gasteiger partial charge on any atom is -0.388 e. The SMILES string of the molecule is NCC1(O)CCCC1CCN1CCCN2CCCC2C1. The van der Waals surface area contributed by atoms with Gasteiger partial charge in [-0.15, -0.1) is 0 Å². The molecule has 0 radical (unpaired) electrons. The summed E-state index contributed by atoms with van der Waals surface area (Å²) in [7, 11) is 0. The third-order valence-corrected chi connectivity index (χ3v) is 5.96. The molecule has 3 fully saturated rings. The van der Waals surface area contributed by atoms with E-state index in [4.69, 9.17) is 5.73 Å². The molecule has 0 aromatic rings. The van der Waals surface area contributed by atoms with Crippen molar-refractivity contribution < 1.29 is 5.11 Å². The van der Waals surface area contributed by atoms with Crippen LogP contribution in [0.4, 0.5) is 0 Å². The summed E-state index contributed by atoms with van der Waals surface area (Å²) >= 11 is 0. The molecule has 2 aliphatic heterocycles. The van der Waals surface area contributed by atoms with E-state index >= 15 is 0 Å². The van der Waals surface area contributed by atoms with E-state index in [0.29, 0.717) is 12.5 Å². The van der Waals surface area contributed by atoms with Gasteiger partial charge >= 0.3 is 0 Å². The minimum absolute atomic E-state index is 0.426. The number of fused-ring (bicyclic) bond motifs is 1. The first kappa shape index (κ1) is 14.8. The number of hydrogen-bond donors (Lipinski definition) is 2. The van der Waals surface area contributed by atoms with Crippen molar-refractivity contribution in [3.63, 3.8) is 0 Å². The van der Waals surface area contributed by atoms with Crippen LogP contribution in [0.25, 0.3) is 0 Å². The van der Waals surface area contributed by atoms with Crippen molar-refractivity contribution in [2.45, 2.75) is 56.6 Å². The lowest BCUT2D eigenvalue weighted by molar-refractivity contribution is 0.00440. The molecule has 1 saturated carbocycles. The Bertz CT molecular complexity index is 325. The molecule has 0 amide bonds. The monoisotopic (exact) mass is 281 g/mol. The largest absolute Gasteiger partial charge is 0.388 e. The Morgan fingerprint density at radius 3 is 2.80 bits per heavy atom. The summed E-state index contributed by atoms with van der Waals surface area (Å²) in [6, 6.07) is 0.800. The second-order valence-electron chi connectivity index (χ2n) is 7.17. The average Bonchev–Trinajstić information content (AvgIpc) is 2.99. The van der Waals surface area contributed by atoms with Gasteiger partial charge in [-0.05, 0) is 70.6 Å². The average molecular weight is 281 g/mol. The van der Waals surface area contributed by atoms with Crippen molar-refractivity contribution in [2.75, 3.05) is 39.3 Å². The van der Waals surface area contributed by atoms with Gasteiger partial charge < -0.3 is 15.7 Å². The summed E-state index contributed by atoms with van der Waals surface area (Å²) in [4.78, 5) is 5.33. The highest BCUT2D eigenvalue weighted by atomic mass is 16.3. The van der Waals surface area contributed by atoms with Gasteiger partial charge in [-0.3, -0.25) is 4.90 Å². The lowest BCUT2D eigenvalue weighted by atomic mass is 9.88. The molecule has 20 heavy (non-hydrogen) atoms. The van der Waals surface area contributed by atoms with E-state index in [2.05, 4.69) is 9.80 Å². The van der Waals surface area contributed by atoms with Crippen LogP contribution in [0.1, 0.15) is 44.9 Å². The maximum atomic E-state index is 10.5. The molecule has 0 bridgehead atoms. The van der Waals surface area contributed by atoms with Crippen LogP contribution in [0.2, 0.25) is 0 Å². The van der Waals surface area contributed by atoms with E-state index in [0.717, 1.165) is 38.3 Å². The molecule has 3 aliphatic rings. The van der Waals surface area contributed by atoms with Crippen molar-refractivity contribution in [1.29, 1.82) is 0 Å². The molecule has 0 spiro atoms. The Hall–Kier alpha value is -0.160. The Labute approximate surface area is 123 Å². The second-order valence-corrected chi connectivity index (χ2v) is 7.17. The highest BCUT2D eigenvalue weighted by molar-refractivity contribution is 4.94. The Balaban J connectivity index is 1.50. The second kappa shape index (κ2) is 6.30. The Morgan fingerprint density at radius 1 is 1.10 bits per heavy atom. The lowest BCUT2D eigenvalue weighted by Crippen LogP contribution is -2.43. The Kier molecular flexibility index (Phi) is 4.65. The first-order chi connectivity index (χ1) is 9.71. The highest BCUT2D eigenvalue weighted by Crippen LogP contribution is 2.37. The van der Waals surface area contributed by atoms with Gasteiger partial charge in [0.25, 0.3) is 0 Å². The molecule has 2 saturated heterocycles. The predicted octanol–water partition coefficient (Wildman–Crippen LogP) is 1.04. The highest BCUT2D eigenvalue weighted by Gasteiger charge is 2.39. The first-order valence-electron chi connectivity index (χ1n) is 8.60. The van der Waals surface area contributed by atoms with Crippen molar-refractivity contribution in [2.24, 2.45) is 11.7 Å². The summed E-state index contributed by atoms with van der Waals surface area (Å²) in [5.41, 5.74) is 5.23. The van der Waals surface area contributed by atoms with E-state index in [1.165, 1.54) is 45.4 Å². The van der Waals surface area contributed by atoms with E-state index in [9.17, 15) is 5.11 Å². The van der Waals surface area contributed by atoms with Crippen LogP contribution in [0, 0.1) is 5.92 Å². The van der Waals surface area contributed by atoms with E-state index < -0.39 is 5.60 Å². The molecule has 3 N–H and O–H groups in total. The molecule has 2 heterocycles. The van der Waals surface area contributed by atoms with Crippen LogP contribution in [-0.2, 0) is 0 Å². The number of nitrogens with zero attached hydrogens (tertiary/aromatic N) is 2. The zero-order valence-electron chi connectivity index (χ0n) is 12.8. The van der Waals surface area contributed by atoms with Crippen molar-refractivity contribution >= 4 is 0 Å². The van der Waals surface area contributed by atoms with Gasteiger partial charge in [0.05, 0.1) is 5.60 Å². The fraction of sp³-hybridized carbons (Fsp3) is 1.00. The normalized spacial score (nSPS) is 39.9. The summed E-state index contributed by atoms with van der Waals surface area (Å²) in [5, 5.41) is 10.5. The van der Waals surface area contributed by atoms with Crippen LogP contribution in [-0.4, -0.2) is 65.8 Å². The first-order valence-corrected chi connectivity index (χ1v) is 8.60. The molecular weight excluding hydrogens is 250 g/mol. The standard InChI is InChI=1S/C16H31N3O/c17-13-16(20)7-1-4-14(16)6-11-18-8-3-10-19-9-2-5-15(19)12-18/h14-15,20H,1-13,17H2. The van der Waals surface area contributed by atoms with Crippen molar-refractivity contribution in [3.8, 4) is 0 Å². The van der Waals surface area contributed by atoms with Gasteiger partial charge in [0.2, 0.25) is 0 Å². The van der Waals surface area contributed by atoms with Gasteiger partial charge in [0.1, 0.15) is 0 Å². The molecule has 4 nitrogen and oxygen atoms in total. The third kappa shape index (κ3) is 3.03. The van der Waals surface area contributed by atoms with Crippen molar-refractivity contribution in [1.82, 2.24) is 9.80 Å². The van der Waals surface area contributed by atoms with Crippen molar-refractivity contribution in [3.05, 3.63) is 0 Å². The Morgan fingerprint density at radius 2 is 1.95 bits per heavy atom. The molecule has 3 unspecified atom stereocenters. The predicted molar refractivity (Wildman–Crippen MR) is 81.6 cm³/mol. The van der Waals surface area contributed by atoms with Crippen LogP contribution in [0.15, 0.2) is 0 Å². The quantitative estimate of drug-likeness (QED) is 0.808. The van der Waals surface area contributed by atoms with E-state index in [1.54, 1.807) is 0 Å². The van der Waals surface area contributed by atoms with Gasteiger partial charge in [-0.2, -0.15) is 0 Å². The van der Waals surface area contributed by atoms with Crippen LogP contribution in [0.5, 0.6) is 0 Å². The number of hydrogen-bond acceptors (Lipinski definition) is 4. The summed E-state index contributed by atoms with van der Waals surface area (Å²) in [5.74, 6) is 0.426. The number of aliphatic hydroxyl groups is 1. The molecule has 3 rings (SSSR count). The molecular formula is C16H31N3O. The van der Waals surface area contributed by atoms with Crippen LogP contribution >= 0.6 is 0 Å². The maximum absolute atomic E-state index is 10.5. The summed E-state index contributed by atoms with van der Waals surface area (Å²) < 4.78 is 0. The van der Waals surface area contributed by atoms with E-state index in [1.807, 2.05) is 0 Å². The zero-order chi connectivity index (χ0) is 14.0. The molecule has 1 aliphatic carbocycles. The van der Waals surface area contributed by atoms with Gasteiger partial charge in [0, 0.05) is 19.1 Å². The summed E-state index contributed by atoms with van der Waals surface area (Å²) in [6.07, 6.45) is 8.42. The summed E-state index contributed by atoms with van der Waals surface area (Å²) in [6.45, 7) is 6.67. The van der Waals surface area contributed by atoms with Gasteiger partial charge in [0.15, 0.2) is 0 Å². The zero-order valence-corrected chi connectivity index (χ0v) is 12.8. The smallest absolute Gasteiger partial charge is 0.0797 e. The number of rotatable bonds is 4. The lowest BCUT2D eigenvalue weighted by Gasteiger charge is -2.31. The molecule has 116 valence electrons. The van der Waals surface area contributed by atoms with Crippen LogP contribution < -0.4 is 5.73 Å². The molecule has 0 aromatic carbocycles.